The van der Waals surface area contributed by atoms with Gasteiger partial charge in [0.15, 0.2) is 0 Å². The quantitative estimate of drug-likeness (QED) is 0.697. The molecule has 0 aliphatic heterocycles. The van der Waals surface area contributed by atoms with Gasteiger partial charge in [-0.15, -0.1) is 0 Å². The van der Waals surface area contributed by atoms with E-state index >= 15 is 0 Å². The first-order valence-electron chi connectivity index (χ1n) is 6.42. The molecule has 0 atom stereocenters. The van der Waals surface area contributed by atoms with Gasteiger partial charge in [-0.1, -0.05) is 47.5 Å². The number of nitrogen functional groups attached to an aromatic ring is 1. The van der Waals surface area contributed by atoms with Crippen LogP contribution in [0.25, 0.3) is 23.1 Å². The zero-order chi connectivity index (χ0) is 14.8. The summed E-state index contributed by atoms with van der Waals surface area (Å²) in [5.74, 6) is 0. The molecule has 2 nitrogen and oxygen atoms in total. The summed E-state index contributed by atoms with van der Waals surface area (Å²) in [4.78, 5) is 4.55. The van der Waals surface area contributed by atoms with Crippen LogP contribution >= 0.6 is 23.2 Å². The highest BCUT2D eigenvalue weighted by Crippen LogP contribution is 2.25. The Kier molecular flexibility index (Phi) is 3.82. The van der Waals surface area contributed by atoms with Crippen LogP contribution in [0.5, 0.6) is 0 Å². The van der Waals surface area contributed by atoms with Gasteiger partial charge in [-0.3, -0.25) is 0 Å². The standard InChI is InChI=1S/C17H12Cl2N2/c18-12-6-8-14-16(20)10-13(21-17(14)9-12)7-5-11-3-1-2-4-15(11)19/h1-10H,(H2,20,21)/b7-5+. The highest BCUT2D eigenvalue weighted by Gasteiger charge is 2.03. The van der Waals surface area contributed by atoms with Crippen LogP contribution in [0.3, 0.4) is 0 Å². The fourth-order valence-corrected chi connectivity index (χ4v) is 2.49. The monoisotopic (exact) mass is 314 g/mol. The predicted octanol–water partition coefficient (Wildman–Crippen LogP) is 5.29. The van der Waals surface area contributed by atoms with Crippen LogP contribution < -0.4 is 5.73 Å². The van der Waals surface area contributed by atoms with E-state index in [1.807, 2.05) is 48.6 Å². The van der Waals surface area contributed by atoms with E-state index in [-0.39, 0.29) is 0 Å². The summed E-state index contributed by atoms with van der Waals surface area (Å²) in [5, 5.41) is 2.24. The van der Waals surface area contributed by atoms with Gasteiger partial charge in [0.2, 0.25) is 0 Å². The van der Waals surface area contributed by atoms with E-state index in [4.69, 9.17) is 28.9 Å². The highest BCUT2D eigenvalue weighted by molar-refractivity contribution is 6.32. The van der Waals surface area contributed by atoms with Gasteiger partial charge in [0, 0.05) is 21.1 Å². The lowest BCUT2D eigenvalue weighted by Crippen LogP contribution is -1.92. The smallest absolute Gasteiger partial charge is 0.0744 e. The van der Waals surface area contributed by atoms with Crippen molar-refractivity contribution in [3.63, 3.8) is 0 Å². The summed E-state index contributed by atoms with van der Waals surface area (Å²) in [5.41, 5.74) is 9.22. The number of rotatable bonds is 2. The lowest BCUT2D eigenvalue weighted by Gasteiger charge is -2.04. The number of nitrogens with zero attached hydrogens (tertiary/aromatic N) is 1. The third kappa shape index (κ3) is 3.02. The van der Waals surface area contributed by atoms with Gasteiger partial charge in [0.1, 0.15) is 0 Å². The van der Waals surface area contributed by atoms with Crippen LogP contribution in [0.4, 0.5) is 5.69 Å². The Bertz CT molecular complexity index is 841. The first-order chi connectivity index (χ1) is 10.1. The maximum atomic E-state index is 6.12. The molecule has 2 N–H and O–H groups in total. The average molecular weight is 315 g/mol. The van der Waals surface area contributed by atoms with Crippen molar-refractivity contribution in [2.45, 2.75) is 0 Å². The molecule has 2 aromatic carbocycles. The third-order valence-corrected chi connectivity index (χ3v) is 3.74. The van der Waals surface area contributed by atoms with Crippen molar-refractivity contribution >= 4 is 51.9 Å². The largest absolute Gasteiger partial charge is 0.398 e. The van der Waals surface area contributed by atoms with Crippen molar-refractivity contribution in [2.24, 2.45) is 0 Å². The summed E-state index contributed by atoms with van der Waals surface area (Å²) >= 11 is 12.1. The molecule has 0 saturated heterocycles. The molecule has 4 heteroatoms. The molecule has 1 heterocycles. The number of hydrogen-bond donors (Lipinski definition) is 1. The topological polar surface area (TPSA) is 38.9 Å². The van der Waals surface area contributed by atoms with Crippen molar-refractivity contribution in [3.05, 3.63) is 69.8 Å². The van der Waals surface area contributed by atoms with E-state index in [9.17, 15) is 0 Å². The summed E-state index contributed by atoms with van der Waals surface area (Å²) in [7, 11) is 0. The predicted molar refractivity (Wildman–Crippen MR) is 91.5 cm³/mol. The van der Waals surface area contributed by atoms with E-state index in [1.54, 1.807) is 12.1 Å². The Morgan fingerprint density at radius 3 is 2.57 bits per heavy atom. The number of hydrogen-bond acceptors (Lipinski definition) is 2. The Labute approximate surface area is 132 Å². The van der Waals surface area contributed by atoms with Crippen molar-refractivity contribution in [2.75, 3.05) is 5.73 Å². The Balaban J connectivity index is 2.03. The van der Waals surface area contributed by atoms with Gasteiger partial charge >= 0.3 is 0 Å². The van der Waals surface area contributed by atoms with E-state index in [1.165, 1.54) is 0 Å². The summed E-state index contributed by atoms with van der Waals surface area (Å²) in [6.07, 6.45) is 3.80. The van der Waals surface area contributed by atoms with Crippen LogP contribution in [0.15, 0.2) is 48.5 Å². The Morgan fingerprint density at radius 2 is 1.76 bits per heavy atom. The van der Waals surface area contributed by atoms with Gasteiger partial charge in [-0.2, -0.15) is 0 Å². The Morgan fingerprint density at radius 1 is 0.952 bits per heavy atom. The SMILES string of the molecule is Nc1cc(/C=C/c2ccccc2Cl)nc2cc(Cl)ccc12. The molecular weight excluding hydrogens is 303 g/mol. The molecule has 0 spiro atoms. The minimum Gasteiger partial charge on any atom is -0.398 e. The maximum Gasteiger partial charge on any atom is 0.0744 e. The fourth-order valence-electron chi connectivity index (χ4n) is 2.12. The van der Waals surface area contributed by atoms with Crippen LogP contribution in [-0.2, 0) is 0 Å². The number of aromatic nitrogens is 1. The molecular formula is C17H12Cl2N2. The zero-order valence-electron chi connectivity index (χ0n) is 11.1. The lowest BCUT2D eigenvalue weighted by atomic mass is 10.1. The molecule has 1 aromatic heterocycles. The van der Waals surface area contributed by atoms with Gasteiger partial charge in [-0.05, 0) is 42.0 Å². The molecule has 0 aliphatic carbocycles. The Hall–Kier alpha value is -2.03. The molecule has 3 aromatic rings. The van der Waals surface area contributed by atoms with Crippen LogP contribution in [-0.4, -0.2) is 4.98 Å². The number of benzene rings is 2. The van der Waals surface area contributed by atoms with Gasteiger partial charge in [-0.25, -0.2) is 4.98 Å². The zero-order valence-corrected chi connectivity index (χ0v) is 12.6. The summed E-state index contributed by atoms with van der Waals surface area (Å²) in [6, 6.07) is 15.0. The molecule has 3 rings (SSSR count). The lowest BCUT2D eigenvalue weighted by molar-refractivity contribution is 1.37. The second-order valence-corrected chi connectivity index (χ2v) is 5.50. The molecule has 0 saturated carbocycles. The maximum absolute atomic E-state index is 6.12. The minimum absolute atomic E-state index is 0.640. The molecule has 0 unspecified atom stereocenters. The molecule has 0 fully saturated rings. The number of nitrogens with two attached hydrogens (primary N) is 1. The number of pyridine rings is 1. The number of anilines is 1. The first kappa shape index (κ1) is 13.9. The van der Waals surface area contributed by atoms with Gasteiger partial charge in [0.05, 0.1) is 11.2 Å². The number of fused-ring (bicyclic) bond motifs is 1. The third-order valence-electron chi connectivity index (χ3n) is 3.16. The van der Waals surface area contributed by atoms with Crippen molar-refractivity contribution in [3.8, 4) is 0 Å². The number of halogens is 2. The molecule has 21 heavy (non-hydrogen) atoms. The second-order valence-electron chi connectivity index (χ2n) is 4.65. The first-order valence-corrected chi connectivity index (χ1v) is 7.17. The van der Waals surface area contributed by atoms with E-state index in [0.717, 1.165) is 22.2 Å². The average Bonchev–Trinajstić information content (AvgIpc) is 2.46. The molecule has 0 radical (unpaired) electrons. The normalized spacial score (nSPS) is 11.3. The van der Waals surface area contributed by atoms with Gasteiger partial charge in [0.25, 0.3) is 0 Å². The van der Waals surface area contributed by atoms with E-state index in [0.29, 0.717) is 15.7 Å². The summed E-state index contributed by atoms with van der Waals surface area (Å²) < 4.78 is 0. The highest BCUT2D eigenvalue weighted by atomic mass is 35.5. The van der Waals surface area contributed by atoms with E-state index in [2.05, 4.69) is 4.98 Å². The molecule has 0 amide bonds. The second kappa shape index (κ2) is 5.76. The van der Waals surface area contributed by atoms with Gasteiger partial charge < -0.3 is 5.73 Å². The van der Waals surface area contributed by atoms with Crippen LogP contribution in [0.1, 0.15) is 11.3 Å². The van der Waals surface area contributed by atoms with Crippen LogP contribution in [0.2, 0.25) is 10.0 Å². The van der Waals surface area contributed by atoms with Crippen LogP contribution in [0, 0.1) is 0 Å². The van der Waals surface area contributed by atoms with Crippen molar-refractivity contribution in [1.82, 2.24) is 4.98 Å². The molecule has 0 bridgehead atoms. The van der Waals surface area contributed by atoms with E-state index < -0.39 is 0 Å². The fraction of sp³-hybridized carbons (Fsp3) is 0. The summed E-state index contributed by atoms with van der Waals surface area (Å²) in [6.45, 7) is 0. The molecule has 0 aliphatic rings. The molecule has 104 valence electrons. The van der Waals surface area contributed by atoms with Crippen molar-refractivity contribution in [1.29, 1.82) is 0 Å². The van der Waals surface area contributed by atoms with Crippen molar-refractivity contribution < 1.29 is 0 Å². The minimum atomic E-state index is 0.640.